The SMILES string of the molecule is CCn1nc(C)cc1C(Cc1c(Br)c(C)nn1C)NN. The van der Waals surface area contributed by atoms with Gasteiger partial charge in [-0.15, -0.1) is 0 Å². The van der Waals surface area contributed by atoms with Crippen LogP contribution in [-0.2, 0) is 20.0 Å². The first-order valence-corrected chi connectivity index (χ1v) is 7.45. The van der Waals surface area contributed by atoms with E-state index < -0.39 is 0 Å². The Balaban J connectivity index is 2.33. The third-order valence-electron chi connectivity index (χ3n) is 3.45. The molecule has 1 atom stereocenters. The van der Waals surface area contributed by atoms with Gasteiger partial charge in [0.15, 0.2) is 0 Å². The summed E-state index contributed by atoms with van der Waals surface area (Å²) >= 11 is 3.60. The molecule has 2 rings (SSSR count). The maximum Gasteiger partial charge on any atom is 0.0738 e. The lowest BCUT2D eigenvalue weighted by Crippen LogP contribution is -2.32. The van der Waals surface area contributed by atoms with Crippen LogP contribution < -0.4 is 11.3 Å². The monoisotopic (exact) mass is 340 g/mol. The fraction of sp³-hybridized carbons (Fsp3) is 0.538. The van der Waals surface area contributed by atoms with Gasteiger partial charge in [0.05, 0.1) is 33.3 Å². The van der Waals surface area contributed by atoms with E-state index in [2.05, 4.69) is 44.5 Å². The van der Waals surface area contributed by atoms with E-state index >= 15 is 0 Å². The van der Waals surface area contributed by atoms with E-state index in [9.17, 15) is 0 Å². The molecule has 20 heavy (non-hydrogen) atoms. The highest BCUT2D eigenvalue weighted by Gasteiger charge is 2.20. The first-order chi connectivity index (χ1) is 9.47. The largest absolute Gasteiger partial charge is 0.271 e. The van der Waals surface area contributed by atoms with Gasteiger partial charge in [-0.1, -0.05) is 0 Å². The Morgan fingerprint density at radius 1 is 1.40 bits per heavy atom. The van der Waals surface area contributed by atoms with E-state index in [-0.39, 0.29) is 6.04 Å². The average Bonchev–Trinajstić information content (AvgIpc) is 2.89. The first kappa shape index (κ1) is 15.2. The number of hydrazine groups is 1. The molecule has 0 aliphatic heterocycles. The molecule has 0 saturated heterocycles. The van der Waals surface area contributed by atoms with Crippen molar-refractivity contribution in [2.24, 2.45) is 12.9 Å². The quantitative estimate of drug-likeness (QED) is 0.642. The summed E-state index contributed by atoms with van der Waals surface area (Å²) in [6, 6.07) is 2.08. The lowest BCUT2D eigenvalue weighted by atomic mass is 10.1. The molecule has 0 amide bonds. The zero-order chi connectivity index (χ0) is 14.9. The van der Waals surface area contributed by atoms with Crippen LogP contribution in [0.1, 0.15) is 35.7 Å². The molecule has 7 heteroatoms. The summed E-state index contributed by atoms with van der Waals surface area (Å²) in [5.74, 6) is 5.76. The highest BCUT2D eigenvalue weighted by molar-refractivity contribution is 9.10. The lowest BCUT2D eigenvalue weighted by Gasteiger charge is -2.17. The van der Waals surface area contributed by atoms with Crippen LogP contribution in [0.2, 0.25) is 0 Å². The molecule has 0 spiro atoms. The van der Waals surface area contributed by atoms with Crippen LogP contribution in [-0.4, -0.2) is 19.6 Å². The summed E-state index contributed by atoms with van der Waals surface area (Å²) in [6.07, 6.45) is 0.750. The minimum Gasteiger partial charge on any atom is -0.271 e. The maximum atomic E-state index is 5.76. The van der Waals surface area contributed by atoms with Crippen LogP contribution in [0.15, 0.2) is 10.5 Å². The van der Waals surface area contributed by atoms with Crippen LogP contribution in [0.4, 0.5) is 0 Å². The summed E-state index contributed by atoms with van der Waals surface area (Å²) in [7, 11) is 1.95. The number of aryl methyl sites for hydroxylation is 4. The number of aromatic nitrogens is 4. The molecular weight excluding hydrogens is 320 g/mol. The van der Waals surface area contributed by atoms with Crippen molar-refractivity contribution in [3.63, 3.8) is 0 Å². The first-order valence-electron chi connectivity index (χ1n) is 6.66. The summed E-state index contributed by atoms with van der Waals surface area (Å²) in [5.41, 5.74) is 7.10. The van der Waals surface area contributed by atoms with Gasteiger partial charge in [-0.3, -0.25) is 20.6 Å². The Morgan fingerprint density at radius 2 is 2.10 bits per heavy atom. The van der Waals surface area contributed by atoms with Crippen molar-refractivity contribution >= 4 is 15.9 Å². The molecule has 6 nitrogen and oxygen atoms in total. The van der Waals surface area contributed by atoms with Crippen molar-refractivity contribution in [3.05, 3.63) is 33.3 Å². The maximum absolute atomic E-state index is 5.76. The number of halogens is 1. The molecule has 0 aromatic carbocycles. The van der Waals surface area contributed by atoms with E-state index in [1.807, 2.05) is 30.3 Å². The smallest absolute Gasteiger partial charge is 0.0738 e. The topological polar surface area (TPSA) is 73.7 Å². The van der Waals surface area contributed by atoms with Crippen LogP contribution >= 0.6 is 15.9 Å². The second kappa shape index (κ2) is 6.07. The van der Waals surface area contributed by atoms with Gasteiger partial charge in [0, 0.05) is 20.0 Å². The number of rotatable bonds is 5. The average molecular weight is 341 g/mol. The molecule has 0 saturated carbocycles. The molecule has 0 bridgehead atoms. The van der Waals surface area contributed by atoms with Crippen LogP contribution in [0, 0.1) is 13.8 Å². The summed E-state index contributed by atoms with van der Waals surface area (Å²) in [6.45, 7) is 6.88. The number of nitrogens with zero attached hydrogens (tertiary/aromatic N) is 4. The minimum atomic E-state index is 0.00208. The van der Waals surface area contributed by atoms with Gasteiger partial charge < -0.3 is 0 Å². The summed E-state index contributed by atoms with van der Waals surface area (Å²) in [4.78, 5) is 0. The number of nitrogens with two attached hydrogens (primary N) is 1. The highest BCUT2D eigenvalue weighted by Crippen LogP contribution is 2.26. The fourth-order valence-corrected chi connectivity index (χ4v) is 2.94. The molecule has 3 N–H and O–H groups in total. The van der Waals surface area contributed by atoms with E-state index in [4.69, 9.17) is 5.84 Å². The third kappa shape index (κ3) is 2.79. The Kier molecular flexibility index (Phi) is 4.62. The van der Waals surface area contributed by atoms with Gasteiger partial charge in [-0.2, -0.15) is 10.2 Å². The predicted molar refractivity (Wildman–Crippen MR) is 82.1 cm³/mol. The van der Waals surface area contributed by atoms with Crippen molar-refractivity contribution in [2.75, 3.05) is 0 Å². The molecule has 2 aromatic heterocycles. The molecule has 0 aliphatic carbocycles. The van der Waals surface area contributed by atoms with Crippen LogP contribution in [0.5, 0.6) is 0 Å². The Morgan fingerprint density at radius 3 is 2.60 bits per heavy atom. The van der Waals surface area contributed by atoms with Gasteiger partial charge in [-0.05, 0) is 42.8 Å². The van der Waals surface area contributed by atoms with Crippen molar-refractivity contribution in [3.8, 4) is 0 Å². The molecule has 2 aromatic rings. The van der Waals surface area contributed by atoms with Crippen LogP contribution in [0.25, 0.3) is 0 Å². The van der Waals surface area contributed by atoms with Crippen LogP contribution in [0.3, 0.4) is 0 Å². The second-order valence-electron chi connectivity index (χ2n) is 4.92. The molecule has 2 heterocycles. The van der Waals surface area contributed by atoms with Gasteiger partial charge in [-0.25, -0.2) is 0 Å². The molecule has 0 aliphatic rings. The van der Waals surface area contributed by atoms with Crippen molar-refractivity contribution in [2.45, 2.75) is 39.8 Å². The lowest BCUT2D eigenvalue weighted by molar-refractivity contribution is 0.478. The Bertz CT molecular complexity index is 600. The molecule has 0 fully saturated rings. The zero-order valence-electron chi connectivity index (χ0n) is 12.3. The number of hydrogen-bond acceptors (Lipinski definition) is 4. The second-order valence-corrected chi connectivity index (χ2v) is 5.71. The number of hydrogen-bond donors (Lipinski definition) is 2. The molecule has 0 radical (unpaired) electrons. The zero-order valence-corrected chi connectivity index (χ0v) is 13.9. The standard InChI is InChI=1S/C13H21BrN6/c1-5-20-11(6-8(2)17-20)10(16-15)7-12-13(14)9(3)18-19(12)4/h6,10,16H,5,7,15H2,1-4H3. The predicted octanol–water partition coefficient (Wildman–Crippen LogP) is 1.76. The van der Waals surface area contributed by atoms with Gasteiger partial charge in [0.25, 0.3) is 0 Å². The summed E-state index contributed by atoms with van der Waals surface area (Å²) < 4.78 is 4.92. The minimum absolute atomic E-state index is 0.00208. The van der Waals surface area contributed by atoms with E-state index in [0.717, 1.165) is 40.2 Å². The molecule has 110 valence electrons. The van der Waals surface area contributed by atoms with Gasteiger partial charge in [0.1, 0.15) is 0 Å². The van der Waals surface area contributed by atoms with E-state index in [1.54, 1.807) is 0 Å². The molecular formula is C13H21BrN6. The van der Waals surface area contributed by atoms with Crippen molar-refractivity contribution in [1.29, 1.82) is 0 Å². The number of nitrogens with one attached hydrogen (secondary N) is 1. The normalized spacial score (nSPS) is 12.9. The summed E-state index contributed by atoms with van der Waals surface area (Å²) in [5, 5.41) is 8.89. The van der Waals surface area contributed by atoms with Crippen molar-refractivity contribution < 1.29 is 0 Å². The van der Waals surface area contributed by atoms with Gasteiger partial charge in [0.2, 0.25) is 0 Å². The fourth-order valence-electron chi connectivity index (χ4n) is 2.44. The van der Waals surface area contributed by atoms with E-state index in [1.165, 1.54) is 0 Å². The van der Waals surface area contributed by atoms with Crippen molar-refractivity contribution in [1.82, 2.24) is 25.0 Å². The Labute approximate surface area is 127 Å². The highest BCUT2D eigenvalue weighted by atomic mass is 79.9. The van der Waals surface area contributed by atoms with Gasteiger partial charge >= 0.3 is 0 Å². The third-order valence-corrected chi connectivity index (χ3v) is 4.48. The molecule has 1 unspecified atom stereocenters. The Hall–Kier alpha value is -1.18. The van der Waals surface area contributed by atoms with E-state index in [0.29, 0.717) is 0 Å².